The SMILES string of the molecule is O=C1CCC(N2C(=O)c3ccc(NCCOCCC(=O)N4CCOC(c5cccc(OC(F)F)c5)C4)cc3C2=O)C(=O)N1. The summed E-state index contributed by atoms with van der Waals surface area (Å²) in [5.41, 5.74) is 1.57. The van der Waals surface area contributed by atoms with Crippen LogP contribution in [0.15, 0.2) is 42.5 Å². The van der Waals surface area contributed by atoms with Gasteiger partial charge in [0.2, 0.25) is 17.7 Å². The Balaban J connectivity index is 1.05. The van der Waals surface area contributed by atoms with E-state index >= 15 is 0 Å². The maximum absolute atomic E-state index is 13.0. The third-order valence-corrected chi connectivity index (χ3v) is 7.35. The summed E-state index contributed by atoms with van der Waals surface area (Å²) in [6, 6.07) is 9.90. The maximum atomic E-state index is 13.0. The molecule has 2 saturated heterocycles. The summed E-state index contributed by atoms with van der Waals surface area (Å²) in [4.78, 5) is 64.7. The molecule has 3 heterocycles. The molecule has 3 aliphatic rings. The van der Waals surface area contributed by atoms with E-state index in [1.54, 1.807) is 23.1 Å². The zero-order valence-corrected chi connectivity index (χ0v) is 23.1. The van der Waals surface area contributed by atoms with Crippen molar-refractivity contribution in [3.05, 3.63) is 59.2 Å². The average Bonchev–Trinajstić information content (AvgIpc) is 3.23. The van der Waals surface area contributed by atoms with Gasteiger partial charge in [0.15, 0.2) is 0 Å². The number of benzene rings is 2. The molecule has 2 aromatic carbocycles. The highest BCUT2D eigenvalue weighted by atomic mass is 19.3. The van der Waals surface area contributed by atoms with Gasteiger partial charge < -0.3 is 24.4 Å². The van der Waals surface area contributed by atoms with Crippen LogP contribution < -0.4 is 15.4 Å². The Kier molecular flexibility index (Phi) is 9.26. The third kappa shape index (κ3) is 6.97. The van der Waals surface area contributed by atoms with Crippen LogP contribution in [-0.4, -0.2) is 91.4 Å². The van der Waals surface area contributed by atoms with Crippen molar-refractivity contribution in [3.63, 3.8) is 0 Å². The molecule has 0 bridgehead atoms. The van der Waals surface area contributed by atoms with Crippen molar-refractivity contribution >= 4 is 35.2 Å². The first kappa shape index (κ1) is 30.0. The van der Waals surface area contributed by atoms with E-state index in [2.05, 4.69) is 15.4 Å². The summed E-state index contributed by atoms with van der Waals surface area (Å²) in [6.07, 6.45) is -0.188. The lowest BCUT2D eigenvalue weighted by Gasteiger charge is -2.33. The monoisotopic (exact) mass is 600 g/mol. The molecule has 2 unspecified atom stereocenters. The number of morpholine rings is 1. The molecule has 0 spiro atoms. The highest BCUT2D eigenvalue weighted by molar-refractivity contribution is 6.23. The summed E-state index contributed by atoms with van der Waals surface area (Å²) in [5.74, 6) is -2.36. The molecule has 2 atom stereocenters. The van der Waals surface area contributed by atoms with Crippen LogP contribution in [0.3, 0.4) is 0 Å². The normalized spacial score (nSPS) is 20.3. The first-order valence-corrected chi connectivity index (χ1v) is 13.8. The number of amides is 5. The van der Waals surface area contributed by atoms with E-state index in [-0.39, 0.29) is 61.8 Å². The predicted molar refractivity (Wildman–Crippen MR) is 145 cm³/mol. The lowest BCUT2D eigenvalue weighted by Crippen LogP contribution is -2.54. The van der Waals surface area contributed by atoms with Crippen molar-refractivity contribution < 1.29 is 47.0 Å². The molecule has 2 fully saturated rings. The van der Waals surface area contributed by atoms with E-state index in [9.17, 15) is 32.8 Å². The van der Waals surface area contributed by atoms with Gasteiger partial charge in [-0.25, -0.2) is 0 Å². The summed E-state index contributed by atoms with van der Waals surface area (Å²) >= 11 is 0. The molecule has 3 aliphatic heterocycles. The van der Waals surface area contributed by atoms with Crippen LogP contribution in [0.5, 0.6) is 5.75 Å². The van der Waals surface area contributed by atoms with E-state index in [1.807, 2.05) is 0 Å². The number of piperidine rings is 1. The summed E-state index contributed by atoms with van der Waals surface area (Å²) in [7, 11) is 0. The Hall–Kier alpha value is -4.43. The second-order valence-corrected chi connectivity index (χ2v) is 10.1. The van der Waals surface area contributed by atoms with Gasteiger partial charge in [0.05, 0.1) is 43.9 Å². The quantitative estimate of drug-likeness (QED) is 0.293. The lowest BCUT2D eigenvalue weighted by atomic mass is 10.0. The topological polar surface area (TPSA) is 144 Å². The number of hydrogen-bond donors (Lipinski definition) is 2. The molecular formula is C29H30F2N4O8. The second-order valence-electron chi connectivity index (χ2n) is 10.1. The summed E-state index contributed by atoms with van der Waals surface area (Å²) in [5, 5.41) is 5.28. The number of hydrogen-bond acceptors (Lipinski definition) is 9. The maximum Gasteiger partial charge on any atom is 0.387 e. The first-order valence-electron chi connectivity index (χ1n) is 13.8. The highest BCUT2D eigenvalue weighted by Gasteiger charge is 2.44. The fourth-order valence-electron chi connectivity index (χ4n) is 5.24. The molecule has 228 valence electrons. The number of ether oxygens (including phenoxy) is 3. The molecule has 2 aromatic rings. The molecule has 12 nitrogen and oxygen atoms in total. The van der Waals surface area contributed by atoms with Gasteiger partial charge in [0.25, 0.3) is 11.8 Å². The van der Waals surface area contributed by atoms with Gasteiger partial charge in [0.1, 0.15) is 17.9 Å². The van der Waals surface area contributed by atoms with Crippen LogP contribution in [0.2, 0.25) is 0 Å². The van der Waals surface area contributed by atoms with Crippen molar-refractivity contribution in [2.24, 2.45) is 0 Å². The average molecular weight is 601 g/mol. The minimum Gasteiger partial charge on any atom is -0.435 e. The number of imide groups is 2. The number of nitrogens with one attached hydrogen (secondary N) is 2. The molecule has 5 rings (SSSR count). The predicted octanol–water partition coefficient (Wildman–Crippen LogP) is 2.11. The van der Waals surface area contributed by atoms with E-state index in [1.165, 1.54) is 24.3 Å². The van der Waals surface area contributed by atoms with Crippen molar-refractivity contribution in [1.29, 1.82) is 0 Å². The number of carbonyl (C=O) groups excluding carboxylic acids is 5. The van der Waals surface area contributed by atoms with E-state index in [0.29, 0.717) is 30.9 Å². The number of halogens is 2. The Bertz CT molecular complexity index is 1420. The molecule has 0 radical (unpaired) electrons. The lowest BCUT2D eigenvalue weighted by molar-refractivity contribution is -0.140. The zero-order chi connectivity index (χ0) is 30.5. The van der Waals surface area contributed by atoms with Crippen molar-refractivity contribution in [2.45, 2.75) is 38.0 Å². The van der Waals surface area contributed by atoms with Crippen LogP contribution in [-0.2, 0) is 23.9 Å². The van der Waals surface area contributed by atoms with E-state index < -0.39 is 42.4 Å². The number of carbonyl (C=O) groups is 5. The van der Waals surface area contributed by atoms with Gasteiger partial charge >= 0.3 is 6.61 Å². The number of rotatable bonds is 11. The number of nitrogens with zero attached hydrogens (tertiary/aromatic N) is 2. The Morgan fingerprint density at radius 3 is 2.67 bits per heavy atom. The molecule has 0 aromatic heterocycles. The largest absolute Gasteiger partial charge is 0.435 e. The minimum absolute atomic E-state index is 0.0238. The standard InChI is InChI=1S/C29H30F2N4O8/c30-29(31)43-19-3-1-2-17(14-19)23-16-34(10-13-42-23)25(37)8-11-41-12-9-32-18-4-5-20-21(15-18)28(40)35(27(20)39)22-6-7-24(36)33-26(22)38/h1-5,14-15,22-23,29,32H,6-13,16H2,(H,33,36,38). The van der Waals surface area contributed by atoms with Crippen LogP contribution in [0.25, 0.3) is 0 Å². The molecule has 43 heavy (non-hydrogen) atoms. The van der Waals surface area contributed by atoms with Crippen molar-refractivity contribution in [2.75, 3.05) is 44.8 Å². The summed E-state index contributed by atoms with van der Waals surface area (Å²) < 4.78 is 40.9. The Labute approximate surface area is 245 Å². The number of fused-ring (bicyclic) bond motifs is 1. The van der Waals surface area contributed by atoms with Gasteiger partial charge in [-0.15, -0.1) is 0 Å². The molecule has 0 aliphatic carbocycles. The fourth-order valence-corrected chi connectivity index (χ4v) is 5.24. The van der Waals surface area contributed by atoms with Gasteiger partial charge in [0, 0.05) is 25.2 Å². The smallest absolute Gasteiger partial charge is 0.387 e. The van der Waals surface area contributed by atoms with Crippen molar-refractivity contribution in [3.8, 4) is 5.75 Å². The van der Waals surface area contributed by atoms with Crippen molar-refractivity contribution in [1.82, 2.24) is 15.1 Å². The van der Waals surface area contributed by atoms with Gasteiger partial charge in [-0.1, -0.05) is 12.1 Å². The summed E-state index contributed by atoms with van der Waals surface area (Å²) in [6.45, 7) is -1.13. The van der Waals surface area contributed by atoms with E-state index in [4.69, 9.17) is 9.47 Å². The third-order valence-electron chi connectivity index (χ3n) is 7.35. The highest BCUT2D eigenvalue weighted by Crippen LogP contribution is 2.30. The number of alkyl halides is 2. The Morgan fingerprint density at radius 2 is 1.88 bits per heavy atom. The van der Waals surface area contributed by atoms with Crippen LogP contribution in [0.1, 0.15) is 51.6 Å². The zero-order valence-electron chi connectivity index (χ0n) is 23.1. The van der Waals surface area contributed by atoms with Gasteiger partial charge in [-0.3, -0.25) is 34.2 Å². The minimum atomic E-state index is -2.93. The molecule has 5 amide bonds. The van der Waals surface area contributed by atoms with Crippen LogP contribution >= 0.6 is 0 Å². The Morgan fingerprint density at radius 1 is 1.07 bits per heavy atom. The first-order chi connectivity index (χ1) is 20.7. The molecular weight excluding hydrogens is 570 g/mol. The number of anilines is 1. The second kappa shape index (κ2) is 13.3. The molecule has 2 N–H and O–H groups in total. The van der Waals surface area contributed by atoms with Crippen LogP contribution in [0.4, 0.5) is 14.5 Å². The van der Waals surface area contributed by atoms with E-state index in [0.717, 1.165) is 4.90 Å². The van der Waals surface area contributed by atoms with Gasteiger partial charge in [-0.05, 0) is 42.3 Å². The molecule has 14 heteroatoms. The van der Waals surface area contributed by atoms with Gasteiger partial charge in [-0.2, -0.15) is 8.78 Å². The van der Waals surface area contributed by atoms with Crippen LogP contribution in [0, 0.1) is 0 Å². The fraction of sp³-hybridized carbons (Fsp3) is 0.414. The molecule has 0 saturated carbocycles.